The van der Waals surface area contributed by atoms with Crippen LogP contribution in [0.2, 0.25) is 0 Å². The maximum atomic E-state index is 5.00. The van der Waals surface area contributed by atoms with Gasteiger partial charge < -0.3 is 10.2 Å². The summed E-state index contributed by atoms with van der Waals surface area (Å²) in [7, 11) is 0. The van der Waals surface area contributed by atoms with E-state index in [-0.39, 0.29) is 0 Å². The van der Waals surface area contributed by atoms with Gasteiger partial charge in [0.25, 0.3) is 0 Å². The molecule has 0 unspecified atom stereocenters. The third kappa shape index (κ3) is 4.43. The van der Waals surface area contributed by atoms with Crippen LogP contribution < -0.4 is 10.2 Å². The number of aryl methyl sites for hydroxylation is 1. The second-order valence-electron chi connectivity index (χ2n) is 6.02. The van der Waals surface area contributed by atoms with Crippen molar-refractivity contribution in [3.63, 3.8) is 0 Å². The smallest absolute Gasteiger partial charge is 0.186 e. The number of nitrogens with zero attached hydrogens (tertiary/aromatic N) is 2. The molecule has 0 atom stereocenters. The highest BCUT2D eigenvalue weighted by Crippen LogP contribution is 2.33. The zero-order valence-electron chi connectivity index (χ0n) is 14.0. The first-order valence-electron chi connectivity index (χ1n) is 8.76. The Kier molecular flexibility index (Phi) is 6.97. The summed E-state index contributed by atoms with van der Waals surface area (Å²) in [4.78, 5) is 9.01. The Labute approximate surface area is 134 Å². The van der Waals surface area contributed by atoms with Crippen molar-refractivity contribution in [2.75, 3.05) is 18.0 Å². The maximum Gasteiger partial charge on any atom is 0.186 e. The molecule has 1 aromatic rings. The van der Waals surface area contributed by atoms with E-state index in [4.69, 9.17) is 4.98 Å². The van der Waals surface area contributed by atoms with E-state index in [1.54, 1.807) is 0 Å². The summed E-state index contributed by atoms with van der Waals surface area (Å²) in [5.41, 5.74) is 1.33. The van der Waals surface area contributed by atoms with Gasteiger partial charge in [-0.15, -0.1) is 11.3 Å². The fraction of sp³-hybridized carbons (Fsp3) is 0.824. The van der Waals surface area contributed by atoms with Gasteiger partial charge in [0.05, 0.1) is 5.69 Å². The van der Waals surface area contributed by atoms with Gasteiger partial charge in [-0.1, -0.05) is 33.1 Å². The molecule has 1 aromatic heterocycles. The minimum atomic E-state index is 0.729. The monoisotopic (exact) mass is 309 g/mol. The number of hydrogen-bond acceptors (Lipinski definition) is 4. The Balaban J connectivity index is 2.11. The molecule has 1 aliphatic carbocycles. The molecule has 0 amide bonds. The first kappa shape index (κ1) is 16.8. The highest BCUT2D eigenvalue weighted by molar-refractivity contribution is 7.15. The molecule has 21 heavy (non-hydrogen) atoms. The Morgan fingerprint density at radius 2 is 1.95 bits per heavy atom. The van der Waals surface area contributed by atoms with Gasteiger partial charge in [-0.05, 0) is 39.2 Å². The number of rotatable bonds is 9. The van der Waals surface area contributed by atoms with Gasteiger partial charge >= 0.3 is 0 Å². The van der Waals surface area contributed by atoms with Crippen LogP contribution in [0.1, 0.15) is 69.9 Å². The first-order valence-corrected chi connectivity index (χ1v) is 9.57. The third-order valence-corrected chi connectivity index (χ3v) is 5.45. The van der Waals surface area contributed by atoms with Crippen molar-refractivity contribution in [2.45, 2.75) is 78.3 Å². The maximum absolute atomic E-state index is 5.00. The molecule has 4 heteroatoms. The molecule has 1 fully saturated rings. The summed E-state index contributed by atoms with van der Waals surface area (Å²) in [6.45, 7) is 9.91. The van der Waals surface area contributed by atoms with E-state index in [2.05, 4.69) is 31.0 Å². The topological polar surface area (TPSA) is 28.2 Å². The third-order valence-electron chi connectivity index (χ3n) is 4.32. The quantitative estimate of drug-likeness (QED) is 0.687. The van der Waals surface area contributed by atoms with Crippen LogP contribution >= 0.6 is 11.3 Å². The van der Waals surface area contributed by atoms with Gasteiger partial charge in [0.15, 0.2) is 5.13 Å². The lowest BCUT2D eigenvalue weighted by Gasteiger charge is -2.26. The standard InChI is InChI=1S/C17H31N3S/c1-4-9-15-16(13-18-12-5-2)21-17(19-15)20(6-3)14-10-7-8-11-14/h14,18H,4-13H2,1-3H3. The molecule has 1 N–H and O–H groups in total. The fourth-order valence-corrected chi connectivity index (χ4v) is 4.42. The van der Waals surface area contributed by atoms with Crippen LogP contribution in [-0.4, -0.2) is 24.1 Å². The number of anilines is 1. The van der Waals surface area contributed by atoms with E-state index in [1.165, 1.54) is 54.2 Å². The van der Waals surface area contributed by atoms with Crippen molar-refractivity contribution in [1.82, 2.24) is 10.3 Å². The van der Waals surface area contributed by atoms with Crippen LogP contribution in [0, 0.1) is 0 Å². The molecule has 120 valence electrons. The van der Waals surface area contributed by atoms with Crippen molar-refractivity contribution in [1.29, 1.82) is 0 Å². The van der Waals surface area contributed by atoms with Crippen molar-refractivity contribution in [2.24, 2.45) is 0 Å². The molecule has 0 radical (unpaired) electrons. The minimum Gasteiger partial charge on any atom is -0.345 e. The van der Waals surface area contributed by atoms with Crippen LogP contribution in [0.3, 0.4) is 0 Å². The van der Waals surface area contributed by atoms with Gasteiger partial charge in [0.1, 0.15) is 0 Å². The average Bonchev–Trinajstić information content (AvgIpc) is 3.12. The Morgan fingerprint density at radius 3 is 2.57 bits per heavy atom. The van der Waals surface area contributed by atoms with Gasteiger partial charge in [0, 0.05) is 24.0 Å². The molecule has 0 aromatic carbocycles. The first-order chi connectivity index (χ1) is 10.3. The van der Waals surface area contributed by atoms with Gasteiger partial charge in [-0.25, -0.2) is 4.98 Å². The Hall–Kier alpha value is -0.610. The van der Waals surface area contributed by atoms with Crippen LogP contribution in [0.15, 0.2) is 0 Å². The van der Waals surface area contributed by atoms with Gasteiger partial charge in [0.2, 0.25) is 0 Å². The van der Waals surface area contributed by atoms with E-state index >= 15 is 0 Å². The molecular formula is C17H31N3S. The highest BCUT2D eigenvalue weighted by atomic mass is 32.1. The Morgan fingerprint density at radius 1 is 1.19 bits per heavy atom. The largest absolute Gasteiger partial charge is 0.345 e. The minimum absolute atomic E-state index is 0.729. The normalized spacial score (nSPS) is 15.8. The predicted octanol–water partition coefficient (Wildman–Crippen LogP) is 4.36. The fourth-order valence-electron chi connectivity index (χ4n) is 3.21. The molecule has 0 aliphatic heterocycles. The summed E-state index contributed by atoms with van der Waals surface area (Å²) in [6.07, 6.45) is 8.96. The van der Waals surface area contributed by atoms with Crippen LogP contribution in [0.5, 0.6) is 0 Å². The van der Waals surface area contributed by atoms with Crippen molar-refractivity contribution < 1.29 is 0 Å². The van der Waals surface area contributed by atoms with Crippen molar-refractivity contribution in [3.05, 3.63) is 10.6 Å². The summed E-state index contributed by atoms with van der Waals surface area (Å²) in [5.74, 6) is 0. The predicted molar refractivity (Wildman–Crippen MR) is 93.4 cm³/mol. The lowest BCUT2D eigenvalue weighted by molar-refractivity contribution is 0.617. The Bertz CT molecular complexity index is 410. The molecular weight excluding hydrogens is 278 g/mol. The number of hydrogen-bond donors (Lipinski definition) is 1. The number of aromatic nitrogens is 1. The van der Waals surface area contributed by atoms with Crippen molar-refractivity contribution >= 4 is 16.5 Å². The zero-order valence-corrected chi connectivity index (χ0v) is 14.8. The average molecular weight is 310 g/mol. The molecule has 1 saturated carbocycles. The van der Waals surface area contributed by atoms with E-state index in [0.29, 0.717) is 0 Å². The van der Waals surface area contributed by atoms with Gasteiger partial charge in [-0.3, -0.25) is 0 Å². The van der Waals surface area contributed by atoms with Crippen LogP contribution in [0.25, 0.3) is 0 Å². The van der Waals surface area contributed by atoms with Crippen molar-refractivity contribution in [3.8, 4) is 0 Å². The molecule has 0 bridgehead atoms. The zero-order chi connectivity index (χ0) is 15.1. The summed E-state index contributed by atoms with van der Waals surface area (Å²) >= 11 is 1.92. The highest BCUT2D eigenvalue weighted by Gasteiger charge is 2.24. The molecule has 0 spiro atoms. The molecule has 1 heterocycles. The summed E-state index contributed by atoms with van der Waals surface area (Å²) in [6, 6.07) is 0.729. The van der Waals surface area contributed by atoms with E-state index in [0.717, 1.165) is 32.1 Å². The van der Waals surface area contributed by atoms with Gasteiger partial charge in [-0.2, -0.15) is 0 Å². The number of thiazole rings is 1. The van der Waals surface area contributed by atoms with E-state index in [9.17, 15) is 0 Å². The SMILES string of the molecule is CCCNCc1sc(N(CC)C2CCCC2)nc1CCC. The van der Waals surface area contributed by atoms with Crippen LogP contribution in [0.4, 0.5) is 5.13 Å². The van der Waals surface area contributed by atoms with E-state index < -0.39 is 0 Å². The second-order valence-corrected chi connectivity index (χ2v) is 7.08. The summed E-state index contributed by atoms with van der Waals surface area (Å²) in [5, 5.41) is 4.81. The lowest BCUT2D eigenvalue weighted by atomic mass is 10.2. The van der Waals surface area contributed by atoms with Crippen LogP contribution in [-0.2, 0) is 13.0 Å². The number of nitrogens with one attached hydrogen (secondary N) is 1. The second kappa shape index (κ2) is 8.74. The molecule has 3 nitrogen and oxygen atoms in total. The molecule has 0 saturated heterocycles. The molecule has 1 aliphatic rings. The summed E-state index contributed by atoms with van der Waals surface area (Å²) < 4.78 is 0. The van der Waals surface area contributed by atoms with E-state index in [1.807, 2.05) is 11.3 Å². The molecule has 2 rings (SSSR count). The lowest BCUT2D eigenvalue weighted by Crippen LogP contribution is -2.32.